The third-order valence-corrected chi connectivity index (χ3v) is 6.17. The van der Waals surface area contributed by atoms with E-state index in [1.807, 2.05) is 24.0 Å². The van der Waals surface area contributed by atoms with Crippen molar-refractivity contribution in [3.63, 3.8) is 0 Å². The molecule has 2 aromatic carbocycles. The molecule has 0 radical (unpaired) electrons. The van der Waals surface area contributed by atoms with Crippen LogP contribution in [0.25, 0.3) is 11.3 Å². The molecular weight excluding hydrogens is 412 g/mol. The molecule has 2 heterocycles. The van der Waals surface area contributed by atoms with Crippen molar-refractivity contribution in [1.82, 2.24) is 15.1 Å². The Morgan fingerprint density at radius 3 is 2.65 bits per heavy atom. The second kappa shape index (κ2) is 9.02. The number of nitrogens with one attached hydrogen (secondary N) is 1. The maximum absolute atomic E-state index is 13.3. The van der Waals surface area contributed by atoms with Gasteiger partial charge in [-0.1, -0.05) is 23.7 Å². The molecule has 0 spiro atoms. The van der Waals surface area contributed by atoms with Gasteiger partial charge in [-0.2, -0.15) is 5.10 Å². The molecular formula is C24H27ClN4O2. The Hall–Kier alpha value is -2.99. The first-order valence-corrected chi connectivity index (χ1v) is 10.9. The van der Waals surface area contributed by atoms with Crippen molar-refractivity contribution in [2.24, 2.45) is 0 Å². The maximum Gasteiger partial charge on any atom is 0.257 e. The van der Waals surface area contributed by atoms with E-state index in [2.05, 4.69) is 47.1 Å². The molecule has 4 rings (SSSR count). The third-order valence-electron chi connectivity index (χ3n) is 5.87. The summed E-state index contributed by atoms with van der Waals surface area (Å²) < 4.78 is 5.51. The highest BCUT2D eigenvalue weighted by molar-refractivity contribution is 6.32. The average Bonchev–Trinajstić information content (AvgIpc) is 3.27. The number of aryl methyl sites for hydroxylation is 1. The summed E-state index contributed by atoms with van der Waals surface area (Å²) >= 11 is 6.34. The number of aromatic nitrogens is 2. The van der Waals surface area contributed by atoms with E-state index in [0.717, 1.165) is 18.7 Å². The van der Waals surface area contributed by atoms with Gasteiger partial charge in [-0.25, -0.2) is 0 Å². The summed E-state index contributed by atoms with van der Waals surface area (Å²) in [5.74, 6) is 0.609. The van der Waals surface area contributed by atoms with Gasteiger partial charge in [0.2, 0.25) is 0 Å². The largest absolute Gasteiger partial charge is 0.492 e. The number of H-pyrrole nitrogens is 1. The molecule has 1 amide bonds. The Balaban J connectivity index is 1.49. The molecule has 31 heavy (non-hydrogen) atoms. The van der Waals surface area contributed by atoms with Gasteiger partial charge in [0.25, 0.3) is 5.91 Å². The SMILES string of the molecule is CCOc1ccc(-c2[nH]ncc2C(=O)N2CCN(c3cccc(C)c3C)CC2)cc1Cl. The molecule has 1 N–H and O–H groups in total. The van der Waals surface area contributed by atoms with Crippen molar-refractivity contribution in [2.75, 3.05) is 37.7 Å². The van der Waals surface area contributed by atoms with Gasteiger partial charge >= 0.3 is 0 Å². The average molecular weight is 439 g/mol. The first kappa shape index (κ1) is 21.2. The fourth-order valence-corrected chi connectivity index (χ4v) is 4.23. The molecule has 162 valence electrons. The number of amides is 1. The zero-order valence-corrected chi connectivity index (χ0v) is 18.9. The van der Waals surface area contributed by atoms with Gasteiger partial charge in [0.1, 0.15) is 5.75 Å². The Kier molecular flexibility index (Phi) is 6.18. The van der Waals surface area contributed by atoms with Crippen molar-refractivity contribution < 1.29 is 9.53 Å². The Labute approximate surface area is 187 Å². The standard InChI is InChI=1S/C24H27ClN4O2/c1-4-31-22-9-8-18(14-20(22)25)23-19(15-26-27-23)24(30)29-12-10-28(11-13-29)21-7-5-6-16(2)17(21)3/h5-9,14-15H,4,10-13H2,1-3H3,(H,26,27). The molecule has 1 saturated heterocycles. The molecule has 1 aromatic heterocycles. The fourth-order valence-electron chi connectivity index (χ4n) is 4.00. The maximum atomic E-state index is 13.3. The first-order chi connectivity index (χ1) is 15.0. The topological polar surface area (TPSA) is 61.5 Å². The van der Waals surface area contributed by atoms with Crippen LogP contribution in [-0.4, -0.2) is 53.8 Å². The number of anilines is 1. The summed E-state index contributed by atoms with van der Waals surface area (Å²) in [6, 6.07) is 11.9. The zero-order valence-electron chi connectivity index (χ0n) is 18.1. The van der Waals surface area contributed by atoms with Crippen molar-refractivity contribution in [3.05, 3.63) is 64.3 Å². The minimum atomic E-state index is -0.0191. The molecule has 1 aliphatic heterocycles. The van der Waals surface area contributed by atoms with Crippen LogP contribution in [0.1, 0.15) is 28.4 Å². The van der Waals surface area contributed by atoms with Crippen LogP contribution in [0.4, 0.5) is 5.69 Å². The monoisotopic (exact) mass is 438 g/mol. The molecule has 0 unspecified atom stereocenters. The molecule has 0 aliphatic carbocycles. The van der Waals surface area contributed by atoms with E-state index < -0.39 is 0 Å². The van der Waals surface area contributed by atoms with E-state index >= 15 is 0 Å². The fraction of sp³-hybridized carbons (Fsp3) is 0.333. The number of aromatic amines is 1. The number of ether oxygens (including phenoxy) is 1. The molecule has 3 aromatic rings. The second-order valence-corrected chi connectivity index (χ2v) is 8.14. The number of nitrogens with zero attached hydrogens (tertiary/aromatic N) is 3. The smallest absolute Gasteiger partial charge is 0.257 e. The van der Waals surface area contributed by atoms with E-state index in [9.17, 15) is 4.79 Å². The number of rotatable bonds is 5. The highest BCUT2D eigenvalue weighted by Crippen LogP contribution is 2.32. The van der Waals surface area contributed by atoms with E-state index in [0.29, 0.717) is 41.7 Å². The molecule has 0 atom stereocenters. The molecule has 0 saturated carbocycles. The Bertz CT molecular complexity index is 1090. The van der Waals surface area contributed by atoms with Gasteiger partial charge < -0.3 is 14.5 Å². The van der Waals surface area contributed by atoms with Crippen LogP contribution in [0.15, 0.2) is 42.6 Å². The number of hydrogen-bond donors (Lipinski definition) is 1. The first-order valence-electron chi connectivity index (χ1n) is 10.6. The third kappa shape index (κ3) is 4.26. The van der Waals surface area contributed by atoms with Gasteiger partial charge in [0.15, 0.2) is 0 Å². The molecule has 1 fully saturated rings. The van der Waals surface area contributed by atoms with Crippen LogP contribution >= 0.6 is 11.6 Å². The Morgan fingerprint density at radius 1 is 1.16 bits per heavy atom. The number of halogens is 1. The normalized spacial score (nSPS) is 14.1. The van der Waals surface area contributed by atoms with E-state index in [4.69, 9.17) is 16.3 Å². The Morgan fingerprint density at radius 2 is 1.94 bits per heavy atom. The van der Waals surface area contributed by atoms with Crippen molar-refractivity contribution in [2.45, 2.75) is 20.8 Å². The number of piperazine rings is 1. The van der Waals surface area contributed by atoms with Crippen LogP contribution in [0.3, 0.4) is 0 Å². The van der Waals surface area contributed by atoms with Crippen LogP contribution < -0.4 is 9.64 Å². The minimum absolute atomic E-state index is 0.0191. The summed E-state index contributed by atoms with van der Waals surface area (Å²) in [5.41, 5.74) is 5.87. The van der Waals surface area contributed by atoms with Gasteiger partial charge in [-0.3, -0.25) is 9.89 Å². The van der Waals surface area contributed by atoms with Gasteiger partial charge in [0, 0.05) is 37.4 Å². The predicted molar refractivity (Wildman–Crippen MR) is 124 cm³/mol. The lowest BCUT2D eigenvalue weighted by atomic mass is 10.1. The quantitative estimate of drug-likeness (QED) is 0.626. The highest BCUT2D eigenvalue weighted by atomic mass is 35.5. The number of hydrogen-bond acceptors (Lipinski definition) is 4. The van der Waals surface area contributed by atoms with E-state index in [-0.39, 0.29) is 5.91 Å². The van der Waals surface area contributed by atoms with Crippen LogP contribution in [0, 0.1) is 13.8 Å². The zero-order chi connectivity index (χ0) is 22.0. The minimum Gasteiger partial charge on any atom is -0.492 e. The summed E-state index contributed by atoms with van der Waals surface area (Å²) in [6.07, 6.45) is 1.60. The summed E-state index contributed by atoms with van der Waals surface area (Å²) in [6.45, 7) is 9.68. The lowest BCUT2D eigenvalue weighted by Crippen LogP contribution is -2.49. The van der Waals surface area contributed by atoms with E-state index in [1.54, 1.807) is 12.3 Å². The van der Waals surface area contributed by atoms with E-state index in [1.165, 1.54) is 16.8 Å². The van der Waals surface area contributed by atoms with Crippen molar-refractivity contribution >= 4 is 23.2 Å². The number of carbonyl (C=O) groups excluding carboxylic acids is 1. The number of carbonyl (C=O) groups is 1. The van der Waals surface area contributed by atoms with Crippen LogP contribution in [0.2, 0.25) is 5.02 Å². The molecule has 6 nitrogen and oxygen atoms in total. The molecule has 7 heteroatoms. The predicted octanol–water partition coefficient (Wildman–Crippen LogP) is 4.71. The summed E-state index contributed by atoms with van der Waals surface area (Å²) in [4.78, 5) is 17.5. The summed E-state index contributed by atoms with van der Waals surface area (Å²) in [7, 11) is 0. The van der Waals surface area contributed by atoms with Crippen LogP contribution in [-0.2, 0) is 0 Å². The van der Waals surface area contributed by atoms with Crippen molar-refractivity contribution in [3.8, 4) is 17.0 Å². The highest BCUT2D eigenvalue weighted by Gasteiger charge is 2.26. The van der Waals surface area contributed by atoms with Gasteiger partial charge in [-0.15, -0.1) is 0 Å². The van der Waals surface area contributed by atoms with Crippen LogP contribution in [0.5, 0.6) is 5.75 Å². The lowest BCUT2D eigenvalue weighted by Gasteiger charge is -2.37. The van der Waals surface area contributed by atoms with Gasteiger partial charge in [0.05, 0.1) is 29.1 Å². The van der Waals surface area contributed by atoms with Gasteiger partial charge in [-0.05, 0) is 56.2 Å². The van der Waals surface area contributed by atoms with Crippen molar-refractivity contribution in [1.29, 1.82) is 0 Å². The molecule has 0 bridgehead atoms. The number of benzene rings is 2. The summed E-state index contributed by atoms with van der Waals surface area (Å²) in [5, 5.41) is 7.60. The lowest BCUT2D eigenvalue weighted by molar-refractivity contribution is 0.0747. The molecule has 1 aliphatic rings. The second-order valence-electron chi connectivity index (χ2n) is 7.74.